The molecule has 0 fully saturated rings. The van der Waals surface area contributed by atoms with Crippen molar-refractivity contribution in [2.24, 2.45) is 0 Å². The van der Waals surface area contributed by atoms with Crippen molar-refractivity contribution >= 4 is 22.4 Å². The van der Waals surface area contributed by atoms with Crippen LogP contribution < -0.4 is 5.32 Å². The Morgan fingerprint density at radius 1 is 1.24 bits per heavy atom. The number of esters is 1. The van der Waals surface area contributed by atoms with Gasteiger partial charge in [-0.3, -0.25) is 0 Å². The highest BCUT2D eigenvalue weighted by atomic mass is 32.1. The van der Waals surface area contributed by atoms with Gasteiger partial charge in [0.25, 0.3) is 0 Å². The van der Waals surface area contributed by atoms with E-state index in [0.717, 1.165) is 15.7 Å². The number of ether oxygens (including phenoxy) is 1. The zero-order valence-electron chi connectivity index (χ0n) is 12.6. The van der Waals surface area contributed by atoms with Gasteiger partial charge in [-0.25, -0.2) is 4.79 Å². The van der Waals surface area contributed by atoms with E-state index in [1.165, 1.54) is 11.3 Å². The van der Waals surface area contributed by atoms with Crippen molar-refractivity contribution in [1.29, 1.82) is 0 Å². The normalized spacial score (nSPS) is 11.2. The third-order valence-electron chi connectivity index (χ3n) is 2.56. The molecule has 0 aliphatic heterocycles. The summed E-state index contributed by atoms with van der Waals surface area (Å²) < 4.78 is 5.32. The van der Waals surface area contributed by atoms with Crippen LogP contribution >= 0.6 is 11.3 Å². The minimum atomic E-state index is -0.479. The zero-order valence-corrected chi connectivity index (χ0v) is 13.5. The van der Waals surface area contributed by atoms with Crippen LogP contribution in [0.15, 0.2) is 24.3 Å². The molecule has 6 heteroatoms. The Bertz CT molecular complexity index is 615. The van der Waals surface area contributed by atoms with Crippen LogP contribution in [0.4, 0.5) is 5.13 Å². The molecule has 0 radical (unpaired) electrons. The summed E-state index contributed by atoms with van der Waals surface area (Å²) in [5.41, 5.74) is 1.14. The lowest BCUT2D eigenvalue weighted by Gasteiger charge is -2.19. The second-order valence-electron chi connectivity index (χ2n) is 5.68. The van der Waals surface area contributed by atoms with E-state index < -0.39 is 5.60 Å². The van der Waals surface area contributed by atoms with Gasteiger partial charge < -0.3 is 10.1 Å². The Morgan fingerprint density at radius 3 is 2.43 bits per heavy atom. The number of aryl methyl sites for hydroxylation is 1. The van der Waals surface area contributed by atoms with Gasteiger partial charge in [0.2, 0.25) is 5.13 Å². The van der Waals surface area contributed by atoms with Crippen LogP contribution in [0.25, 0.3) is 0 Å². The molecule has 21 heavy (non-hydrogen) atoms. The van der Waals surface area contributed by atoms with Crippen LogP contribution in [0.3, 0.4) is 0 Å². The van der Waals surface area contributed by atoms with E-state index in [2.05, 4.69) is 15.5 Å². The minimum absolute atomic E-state index is 0.304. The van der Waals surface area contributed by atoms with E-state index in [1.54, 1.807) is 12.1 Å². The summed E-state index contributed by atoms with van der Waals surface area (Å²) in [6.45, 7) is 8.12. The van der Waals surface area contributed by atoms with Crippen LogP contribution in [0.2, 0.25) is 0 Å². The van der Waals surface area contributed by atoms with E-state index in [-0.39, 0.29) is 5.97 Å². The summed E-state index contributed by atoms with van der Waals surface area (Å²) in [5.74, 6) is -0.304. The molecule has 112 valence electrons. The number of rotatable bonds is 4. The standard InChI is InChI=1S/C15H19N3O2S/c1-10-17-18-14(21-10)16-9-11-5-7-12(8-6-11)13(19)20-15(2,3)4/h5-8H,9H2,1-4H3,(H,16,18). The van der Waals surface area contributed by atoms with Gasteiger partial charge >= 0.3 is 5.97 Å². The Hall–Kier alpha value is -1.95. The first-order chi connectivity index (χ1) is 9.83. The number of nitrogens with zero attached hydrogens (tertiary/aromatic N) is 2. The summed E-state index contributed by atoms with van der Waals surface area (Å²) in [6.07, 6.45) is 0. The third kappa shape index (κ3) is 4.82. The number of nitrogens with one attached hydrogen (secondary N) is 1. The molecular formula is C15H19N3O2S. The van der Waals surface area contributed by atoms with Crippen LogP contribution in [0.5, 0.6) is 0 Å². The average molecular weight is 305 g/mol. The molecule has 0 unspecified atom stereocenters. The second kappa shape index (κ2) is 6.22. The lowest BCUT2D eigenvalue weighted by Crippen LogP contribution is -2.23. The van der Waals surface area contributed by atoms with E-state index in [0.29, 0.717) is 12.1 Å². The molecule has 2 aromatic rings. The summed E-state index contributed by atoms with van der Waals surface area (Å²) in [6, 6.07) is 7.35. The number of carbonyl (C=O) groups excluding carboxylic acids is 1. The monoisotopic (exact) mass is 305 g/mol. The van der Waals surface area contributed by atoms with Crippen molar-refractivity contribution in [2.75, 3.05) is 5.32 Å². The highest BCUT2D eigenvalue weighted by Gasteiger charge is 2.17. The van der Waals surface area contributed by atoms with Gasteiger partial charge in [-0.1, -0.05) is 23.5 Å². The van der Waals surface area contributed by atoms with Crippen LogP contribution in [-0.4, -0.2) is 21.8 Å². The molecule has 1 heterocycles. The summed E-state index contributed by atoms with van der Waals surface area (Å²) in [4.78, 5) is 11.9. The molecule has 0 saturated heterocycles. The van der Waals surface area contributed by atoms with Crippen LogP contribution in [0.1, 0.15) is 41.7 Å². The number of hydrogen-bond donors (Lipinski definition) is 1. The van der Waals surface area contributed by atoms with Gasteiger partial charge in [0, 0.05) is 6.54 Å². The average Bonchev–Trinajstić information content (AvgIpc) is 2.81. The molecule has 0 saturated carbocycles. The third-order valence-corrected chi connectivity index (χ3v) is 3.35. The van der Waals surface area contributed by atoms with Crippen LogP contribution in [-0.2, 0) is 11.3 Å². The van der Waals surface area contributed by atoms with Gasteiger partial charge in [0.1, 0.15) is 10.6 Å². The quantitative estimate of drug-likeness (QED) is 0.877. The molecule has 0 atom stereocenters. The highest BCUT2D eigenvalue weighted by molar-refractivity contribution is 7.15. The van der Waals surface area contributed by atoms with Crippen molar-refractivity contribution < 1.29 is 9.53 Å². The number of carbonyl (C=O) groups is 1. The molecular weight excluding hydrogens is 286 g/mol. The van der Waals surface area contributed by atoms with Crippen molar-refractivity contribution in [3.05, 3.63) is 40.4 Å². The van der Waals surface area contributed by atoms with Crippen molar-refractivity contribution in [2.45, 2.75) is 39.8 Å². The lowest BCUT2D eigenvalue weighted by atomic mass is 10.1. The fraction of sp³-hybridized carbons (Fsp3) is 0.400. The van der Waals surface area contributed by atoms with Gasteiger partial charge in [0.05, 0.1) is 5.56 Å². The fourth-order valence-electron chi connectivity index (χ4n) is 1.64. The van der Waals surface area contributed by atoms with Crippen molar-refractivity contribution in [3.63, 3.8) is 0 Å². The minimum Gasteiger partial charge on any atom is -0.456 e. The molecule has 1 N–H and O–H groups in total. The number of benzene rings is 1. The zero-order chi connectivity index (χ0) is 15.5. The largest absolute Gasteiger partial charge is 0.456 e. The van der Waals surface area contributed by atoms with Crippen molar-refractivity contribution in [1.82, 2.24) is 10.2 Å². The Morgan fingerprint density at radius 2 is 1.90 bits per heavy atom. The lowest BCUT2D eigenvalue weighted by molar-refractivity contribution is 0.00695. The van der Waals surface area contributed by atoms with E-state index in [9.17, 15) is 4.79 Å². The molecule has 5 nitrogen and oxygen atoms in total. The van der Waals surface area contributed by atoms with E-state index in [4.69, 9.17) is 4.74 Å². The molecule has 0 aliphatic carbocycles. The first kappa shape index (κ1) is 15.4. The van der Waals surface area contributed by atoms with Gasteiger partial charge in [-0.15, -0.1) is 10.2 Å². The maximum atomic E-state index is 11.9. The van der Waals surface area contributed by atoms with Gasteiger partial charge in [-0.05, 0) is 45.4 Å². The van der Waals surface area contributed by atoms with Crippen molar-refractivity contribution in [3.8, 4) is 0 Å². The van der Waals surface area contributed by atoms with Gasteiger partial charge in [-0.2, -0.15) is 0 Å². The maximum Gasteiger partial charge on any atom is 0.338 e. The molecule has 1 aromatic heterocycles. The molecule has 0 amide bonds. The fourth-order valence-corrected chi connectivity index (χ4v) is 2.23. The Kier molecular flexibility index (Phi) is 4.57. The first-order valence-corrected chi connectivity index (χ1v) is 7.51. The molecule has 0 bridgehead atoms. The number of aromatic nitrogens is 2. The number of hydrogen-bond acceptors (Lipinski definition) is 6. The second-order valence-corrected chi connectivity index (χ2v) is 6.86. The summed E-state index contributed by atoms with van der Waals surface area (Å²) >= 11 is 1.51. The van der Waals surface area contributed by atoms with Crippen LogP contribution in [0, 0.1) is 6.92 Å². The highest BCUT2D eigenvalue weighted by Crippen LogP contribution is 2.16. The van der Waals surface area contributed by atoms with E-state index in [1.807, 2.05) is 39.8 Å². The summed E-state index contributed by atoms with van der Waals surface area (Å²) in [7, 11) is 0. The predicted molar refractivity (Wildman–Crippen MR) is 83.6 cm³/mol. The topological polar surface area (TPSA) is 64.1 Å². The summed E-state index contributed by atoms with van der Waals surface area (Å²) in [5, 5.41) is 12.9. The Balaban J connectivity index is 1.94. The number of anilines is 1. The molecule has 0 aliphatic rings. The smallest absolute Gasteiger partial charge is 0.338 e. The molecule has 1 aromatic carbocycles. The first-order valence-electron chi connectivity index (χ1n) is 6.70. The van der Waals surface area contributed by atoms with E-state index >= 15 is 0 Å². The van der Waals surface area contributed by atoms with Gasteiger partial charge in [0.15, 0.2) is 0 Å². The predicted octanol–water partition coefficient (Wildman–Crippen LogP) is 3.41. The SMILES string of the molecule is Cc1nnc(NCc2ccc(C(=O)OC(C)(C)C)cc2)s1. The molecule has 2 rings (SSSR count). The Labute approximate surface area is 128 Å². The molecule has 0 spiro atoms. The maximum absolute atomic E-state index is 11.9.